The van der Waals surface area contributed by atoms with Crippen LogP contribution in [0.25, 0.3) is 0 Å². The maximum Gasteiger partial charge on any atom is 0.209 e. The van der Waals surface area contributed by atoms with Gasteiger partial charge in [-0.2, -0.15) is 11.8 Å². The average molecular weight is 308 g/mol. The van der Waals surface area contributed by atoms with Crippen molar-refractivity contribution in [1.29, 1.82) is 0 Å². The van der Waals surface area contributed by atoms with Crippen LogP contribution in [0.15, 0.2) is 3.92 Å². The smallest absolute Gasteiger partial charge is 0.209 e. The Morgan fingerprint density at radius 2 is 2.13 bits per heavy atom. The summed E-state index contributed by atoms with van der Waals surface area (Å²) in [5.41, 5.74) is 0. The molecule has 1 fully saturated rings. The maximum absolute atomic E-state index is 4.17. The van der Waals surface area contributed by atoms with Gasteiger partial charge < -0.3 is 4.90 Å². The molecule has 0 bridgehead atoms. The fraction of sp³-hybridized carbons (Fsp3) is 0.778. The van der Waals surface area contributed by atoms with E-state index in [0.717, 1.165) is 22.1 Å². The quantitative estimate of drug-likeness (QED) is 0.797. The summed E-state index contributed by atoms with van der Waals surface area (Å²) >= 11 is 7.02. The van der Waals surface area contributed by atoms with Gasteiger partial charge in [0.2, 0.25) is 5.13 Å². The van der Waals surface area contributed by atoms with Crippen molar-refractivity contribution in [3.63, 3.8) is 0 Å². The molecule has 0 saturated carbocycles. The van der Waals surface area contributed by atoms with E-state index in [-0.39, 0.29) is 0 Å². The van der Waals surface area contributed by atoms with Crippen molar-refractivity contribution in [2.75, 3.05) is 23.7 Å². The summed E-state index contributed by atoms with van der Waals surface area (Å²) in [5, 5.41) is 9.20. The predicted molar refractivity (Wildman–Crippen MR) is 71.0 cm³/mol. The first-order chi connectivity index (χ1) is 7.07. The number of hydrogen-bond donors (Lipinski definition) is 0. The molecule has 1 aromatic heterocycles. The number of nitrogens with zero attached hydrogens (tertiary/aromatic N) is 3. The number of anilines is 1. The van der Waals surface area contributed by atoms with Crippen LogP contribution < -0.4 is 4.90 Å². The fourth-order valence-electron chi connectivity index (χ4n) is 1.54. The molecular formula is C9H14BrN3S2. The third kappa shape index (κ3) is 3.07. The normalized spacial score (nSPS) is 21.4. The van der Waals surface area contributed by atoms with Gasteiger partial charge in [0.15, 0.2) is 3.92 Å². The summed E-state index contributed by atoms with van der Waals surface area (Å²) in [6, 6.07) is 0. The molecule has 1 aliphatic heterocycles. The van der Waals surface area contributed by atoms with Crippen molar-refractivity contribution >= 4 is 44.2 Å². The first-order valence-electron chi connectivity index (χ1n) is 4.95. The lowest BCUT2D eigenvalue weighted by atomic mass is 10.1. The molecule has 1 aliphatic rings. The van der Waals surface area contributed by atoms with Gasteiger partial charge >= 0.3 is 0 Å². The van der Waals surface area contributed by atoms with E-state index < -0.39 is 0 Å². The van der Waals surface area contributed by atoms with Crippen molar-refractivity contribution in [2.24, 2.45) is 0 Å². The van der Waals surface area contributed by atoms with E-state index in [1.165, 1.54) is 12.2 Å². The minimum Gasteiger partial charge on any atom is -0.346 e. The second-order valence-corrected chi connectivity index (χ2v) is 8.22. The number of rotatable bonds is 1. The Bertz CT molecular complexity index is 340. The van der Waals surface area contributed by atoms with Crippen LogP contribution >= 0.6 is 39.0 Å². The number of halogens is 1. The number of hydrogen-bond acceptors (Lipinski definition) is 5. The third-order valence-corrected chi connectivity index (χ3v) is 5.29. The predicted octanol–water partition coefficient (Wildman–Crippen LogP) is 3.02. The zero-order valence-corrected chi connectivity index (χ0v) is 12.1. The van der Waals surface area contributed by atoms with E-state index in [2.05, 4.69) is 44.9 Å². The van der Waals surface area contributed by atoms with Gasteiger partial charge in [-0.05, 0) is 22.4 Å². The summed E-state index contributed by atoms with van der Waals surface area (Å²) in [6.07, 6.45) is 1.20. The van der Waals surface area contributed by atoms with Gasteiger partial charge in [-0.1, -0.05) is 25.2 Å². The summed E-state index contributed by atoms with van der Waals surface area (Å²) in [7, 11) is 0. The van der Waals surface area contributed by atoms with Crippen LogP contribution in [0.3, 0.4) is 0 Å². The Morgan fingerprint density at radius 3 is 2.80 bits per heavy atom. The number of aromatic nitrogens is 2. The van der Waals surface area contributed by atoms with E-state index >= 15 is 0 Å². The van der Waals surface area contributed by atoms with Crippen LogP contribution in [-0.4, -0.2) is 33.8 Å². The molecule has 84 valence electrons. The molecule has 0 radical (unpaired) electrons. The molecule has 0 aliphatic carbocycles. The van der Waals surface area contributed by atoms with Crippen molar-refractivity contribution < 1.29 is 0 Å². The monoisotopic (exact) mass is 307 g/mol. The highest BCUT2D eigenvalue weighted by atomic mass is 79.9. The van der Waals surface area contributed by atoms with Crippen LogP contribution in [0.5, 0.6) is 0 Å². The molecular weight excluding hydrogens is 294 g/mol. The topological polar surface area (TPSA) is 29.0 Å². The van der Waals surface area contributed by atoms with E-state index in [9.17, 15) is 0 Å². The lowest BCUT2D eigenvalue weighted by molar-refractivity contribution is 0.636. The summed E-state index contributed by atoms with van der Waals surface area (Å²) in [5.74, 6) is 1.17. The van der Waals surface area contributed by atoms with E-state index in [4.69, 9.17) is 0 Å². The van der Waals surface area contributed by atoms with E-state index in [1.807, 2.05) is 11.8 Å². The lowest BCUT2D eigenvalue weighted by Gasteiger charge is -2.21. The van der Waals surface area contributed by atoms with Crippen molar-refractivity contribution in [3.05, 3.63) is 3.92 Å². The van der Waals surface area contributed by atoms with Gasteiger partial charge in [-0.25, -0.2) is 0 Å². The lowest BCUT2D eigenvalue weighted by Crippen LogP contribution is -2.26. The summed E-state index contributed by atoms with van der Waals surface area (Å²) in [4.78, 5) is 2.34. The molecule has 1 saturated heterocycles. The Kier molecular flexibility index (Phi) is 3.57. The van der Waals surface area contributed by atoms with Crippen molar-refractivity contribution in [1.82, 2.24) is 10.2 Å². The minimum atomic E-state index is 0.399. The third-order valence-electron chi connectivity index (χ3n) is 2.50. The molecule has 3 nitrogen and oxygen atoms in total. The highest BCUT2D eigenvalue weighted by Gasteiger charge is 2.24. The second kappa shape index (κ2) is 4.59. The summed E-state index contributed by atoms with van der Waals surface area (Å²) < 4.78 is 1.27. The Balaban J connectivity index is 2.05. The van der Waals surface area contributed by atoms with Gasteiger partial charge in [0.1, 0.15) is 0 Å². The molecule has 0 N–H and O–H groups in total. The molecule has 2 rings (SSSR count). The largest absolute Gasteiger partial charge is 0.346 e. The van der Waals surface area contributed by atoms with E-state index in [1.54, 1.807) is 11.3 Å². The van der Waals surface area contributed by atoms with E-state index in [0.29, 0.717) is 4.75 Å². The molecule has 2 heterocycles. The Labute approximate surface area is 107 Å². The standard InChI is InChI=1S/C9H14BrN3S2/c1-9(2)3-4-13(5-6-14-9)8-12-11-7(10)15-8/h3-6H2,1-2H3. The molecule has 0 aromatic carbocycles. The van der Waals surface area contributed by atoms with Crippen LogP contribution in [-0.2, 0) is 0 Å². The minimum absolute atomic E-state index is 0.399. The Hall–Kier alpha value is 0.190. The Morgan fingerprint density at radius 1 is 1.33 bits per heavy atom. The van der Waals surface area contributed by atoms with Crippen molar-refractivity contribution in [2.45, 2.75) is 25.0 Å². The molecule has 0 unspecified atom stereocenters. The fourth-order valence-corrected chi connectivity index (χ4v) is 3.78. The van der Waals surface area contributed by atoms with Gasteiger partial charge in [0, 0.05) is 23.6 Å². The molecule has 15 heavy (non-hydrogen) atoms. The van der Waals surface area contributed by atoms with Crippen LogP contribution in [0.2, 0.25) is 0 Å². The van der Waals surface area contributed by atoms with Crippen LogP contribution in [0, 0.1) is 0 Å². The van der Waals surface area contributed by atoms with Gasteiger partial charge in [-0.3, -0.25) is 0 Å². The van der Waals surface area contributed by atoms with Crippen LogP contribution in [0.1, 0.15) is 20.3 Å². The zero-order chi connectivity index (χ0) is 10.9. The summed E-state index contributed by atoms with van der Waals surface area (Å²) in [6.45, 7) is 6.80. The average Bonchev–Trinajstić information content (AvgIpc) is 2.49. The van der Waals surface area contributed by atoms with Gasteiger partial charge in [0.25, 0.3) is 0 Å². The highest BCUT2D eigenvalue weighted by molar-refractivity contribution is 9.11. The first kappa shape index (κ1) is 11.7. The first-order valence-corrected chi connectivity index (χ1v) is 7.54. The van der Waals surface area contributed by atoms with Crippen LogP contribution in [0.4, 0.5) is 5.13 Å². The molecule has 0 atom stereocenters. The SMILES string of the molecule is CC1(C)CCN(c2nnc(Br)s2)CCS1. The zero-order valence-electron chi connectivity index (χ0n) is 8.86. The van der Waals surface area contributed by atoms with Gasteiger partial charge in [0.05, 0.1) is 0 Å². The van der Waals surface area contributed by atoms with Crippen molar-refractivity contribution in [3.8, 4) is 0 Å². The molecule has 6 heteroatoms. The second-order valence-electron chi connectivity index (χ2n) is 4.18. The maximum atomic E-state index is 4.17. The molecule has 0 amide bonds. The number of thioether (sulfide) groups is 1. The molecule has 0 spiro atoms. The highest BCUT2D eigenvalue weighted by Crippen LogP contribution is 2.33. The molecule has 1 aromatic rings. The van der Waals surface area contributed by atoms with Gasteiger partial charge in [-0.15, -0.1) is 10.2 Å².